The first-order valence-electron chi connectivity index (χ1n) is 7.18. The number of rotatable bonds is 1. The molecule has 116 valence electrons. The molecule has 0 unspecified atom stereocenters. The summed E-state index contributed by atoms with van der Waals surface area (Å²) in [5.74, 6) is 0. The average molecular weight is 354 g/mol. The fourth-order valence-corrected chi connectivity index (χ4v) is 3.54. The van der Waals surface area contributed by atoms with Crippen LogP contribution in [0.5, 0.6) is 0 Å². The lowest BCUT2D eigenvalue weighted by atomic mass is 9.95. The number of fused-ring (bicyclic) bond motifs is 3. The Bertz CT molecular complexity index is 1100. The first kappa shape index (κ1) is 14.9. The van der Waals surface area contributed by atoms with Crippen molar-refractivity contribution in [2.24, 2.45) is 0 Å². The SMILES string of the molecule is N#Cc1c(-c2ccncc2Cl)c2c([nH]c1=O)-c1cc(Cl)ccc1C2. The number of H-pyrrole nitrogens is 1. The second-order valence-electron chi connectivity index (χ2n) is 5.50. The molecule has 0 fully saturated rings. The van der Waals surface area contributed by atoms with E-state index in [9.17, 15) is 10.1 Å². The molecule has 0 radical (unpaired) electrons. The molecule has 0 saturated heterocycles. The maximum atomic E-state index is 12.4. The fourth-order valence-electron chi connectivity index (χ4n) is 3.16. The number of hydrogen-bond acceptors (Lipinski definition) is 3. The van der Waals surface area contributed by atoms with E-state index in [0.717, 1.165) is 16.7 Å². The number of nitrogens with zero attached hydrogens (tertiary/aromatic N) is 2. The molecule has 3 aromatic rings. The van der Waals surface area contributed by atoms with Gasteiger partial charge in [-0.25, -0.2) is 0 Å². The molecule has 1 aliphatic rings. The Morgan fingerprint density at radius 3 is 2.79 bits per heavy atom. The van der Waals surface area contributed by atoms with E-state index >= 15 is 0 Å². The highest BCUT2D eigenvalue weighted by atomic mass is 35.5. The molecule has 1 aromatic carbocycles. The lowest BCUT2D eigenvalue weighted by Crippen LogP contribution is -2.14. The summed E-state index contributed by atoms with van der Waals surface area (Å²) in [6.45, 7) is 0. The standard InChI is InChI=1S/C18H9Cl2N3O/c19-10-2-1-9-5-13-16(11-3-4-22-8-15(11)20)14(7-21)18(24)23-17(13)12(9)6-10/h1-4,6,8H,5H2,(H,23,24). The van der Waals surface area contributed by atoms with E-state index in [0.29, 0.717) is 33.3 Å². The molecular weight excluding hydrogens is 345 g/mol. The summed E-state index contributed by atoms with van der Waals surface area (Å²) in [5.41, 5.74) is 4.31. The van der Waals surface area contributed by atoms with Crippen LogP contribution in [0.4, 0.5) is 0 Å². The first-order valence-corrected chi connectivity index (χ1v) is 7.93. The normalized spacial score (nSPS) is 11.7. The minimum Gasteiger partial charge on any atom is -0.320 e. The molecule has 4 nitrogen and oxygen atoms in total. The zero-order valence-electron chi connectivity index (χ0n) is 12.2. The predicted octanol–water partition coefficient (Wildman–Crippen LogP) is 4.19. The molecule has 0 aliphatic heterocycles. The van der Waals surface area contributed by atoms with Gasteiger partial charge in [0.25, 0.3) is 5.56 Å². The van der Waals surface area contributed by atoms with Gasteiger partial charge < -0.3 is 4.98 Å². The number of pyridine rings is 2. The van der Waals surface area contributed by atoms with E-state index in [1.807, 2.05) is 24.3 Å². The summed E-state index contributed by atoms with van der Waals surface area (Å²) in [7, 11) is 0. The van der Waals surface area contributed by atoms with Gasteiger partial charge in [-0.3, -0.25) is 9.78 Å². The Balaban J connectivity index is 2.11. The zero-order valence-corrected chi connectivity index (χ0v) is 13.7. The zero-order chi connectivity index (χ0) is 16.8. The number of aromatic nitrogens is 2. The smallest absolute Gasteiger partial charge is 0.266 e. The maximum Gasteiger partial charge on any atom is 0.266 e. The van der Waals surface area contributed by atoms with Crippen molar-refractivity contribution in [3.05, 3.63) is 73.7 Å². The largest absolute Gasteiger partial charge is 0.320 e. The summed E-state index contributed by atoms with van der Waals surface area (Å²) in [5, 5.41) is 10.5. The summed E-state index contributed by atoms with van der Waals surface area (Å²) >= 11 is 12.4. The van der Waals surface area contributed by atoms with Gasteiger partial charge in [0.2, 0.25) is 0 Å². The maximum absolute atomic E-state index is 12.4. The van der Waals surface area contributed by atoms with Crippen LogP contribution in [0.3, 0.4) is 0 Å². The van der Waals surface area contributed by atoms with Crippen LogP contribution in [0.2, 0.25) is 10.0 Å². The molecule has 2 heterocycles. The third kappa shape index (κ3) is 2.14. The highest BCUT2D eigenvalue weighted by molar-refractivity contribution is 6.33. The predicted molar refractivity (Wildman–Crippen MR) is 93.3 cm³/mol. The van der Waals surface area contributed by atoms with Gasteiger partial charge in [-0.1, -0.05) is 29.3 Å². The van der Waals surface area contributed by atoms with Gasteiger partial charge in [-0.15, -0.1) is 0 Å². The van der Waals surface area contributed by atoms with Crippen LogP contribution in [-0.4, -0.2) is 9.97 Å². The number of hydrogen-bond donors (Lipinski definition) is 1. The van der Waals surface area contributed by atoms with Gasteiger partial charge in [0.1, 0.15) is 11.6 Å². The quantitative estimate of drug-likeness (QED) is 0.557. The lowest BCUT2D eigenvalue weighted by molar-refractivity contribution is 1.17. The number of halogens is 2. The molecule has 0 amide bonds. The van der Waals surface area contributed by atoms with E-state index in [2.05, 4.69) is 9.97 Å². The van der Waals surface area contributed by atoms with Crippen molar-refractivity contribution in [1.29, 1.82) is 5.26 Å². The van der Waals surface area contributed by atoms with Crippen LogP contribution in [0.25, 0.3) is 22.4 Å². The van der Waals surface area contributed by atoms with Crippen LogP contribution >= 0.6 is 23.2 Å². The van der Waals surface area contributed by atoms with E-state index in [-0.39, 0.29) is 5.56 Å². The molecule has 24 heavy (non-hydrogen) atoms. The summed E-state index contributed by atoms with van der Waals surface area (Å²) in [4.78, 5) is 19.2. The molecule has 1 aliphatic carbocycles. The summed E-state index contributed by atoms with van der Waals surface area (Å²) in [6.07, 6.45) is 3.70. The molecule has 6 heteroatoms. The minimum absolute atomic E-state index is 0.0563. The first-order chi connectivity index (χ1) is 11.6. The lowest BCUT2D eigenvalue weighted by Gasteiger charge is -2.11. The Morgan fingerprint density at radius 2 is 2.04 bits per heavy atom. The molecule has 4 rings (SSSR count). The third-order valence-electron chi connectivity index (χ3n) is 4.18. The topological polar surface area (TPSA) is 69.5 Å². The average Bonchev–Trinajstić information content (AvgIpc) is 2.92. The van der Waals surface area contributed by atoms with Gasteiger partial charge in [0.15, 0.2) is 0 Å². The number of nitrogens with one attached hydrogen (secondary N) is 1. The van der Waals surface area contributed by atoms with Crippen molar-refractivity contribution in [1.82, 2.24) is 9.97 Å². The van der Waals surface area contributed by atoms with Gasteiger partial charge in [-0.2, -0.15) is 5.26 Å². The minimum atomic E-state index is -0.438. The number of benzene rings is 1. The Kier molecular flexibility index (Phi) is 3.42. The molecule has 0 bridgehead atoms. The highest BCUT2D eigenvalue weighted by Gasteiger charge is 2.27. The van der Waals surface area contributed by atoms with Crippen LogP contribution in [0.1, 0.15) is 16.7 Å². The molecule has 0 spiro atoms. The van der Waals surface area contributed by atoms with Crippen LogP contribution in [0.15, 0.2) is 41.5 Å². The molecule has 0 atom stereocenters. The Labute approximate surface area is 147 Å². The van der Waals surface area contributed by atoms with Gasteiger partial charge in [-0.05, 0) is 29.3 Å². The fraction of sp³-hybridized carbons (Fsp3) is 0.0556. The van der Waals surface area contributed by atoms with Crippen molar-refractivity contribution in [2.45, 2.75) is 6.42 Å². The van der Waals surface area contributed by atoms with Gasteiger partial charge in [0, 0.05) is 40.5 Å². The van der Waals surface area contributed by atoms with E-state index in [1.165, 1.54) is 6.20 Å². The van der Waals surface area contributed by atoms with E-state index in [1.54, 1.807) is 12.3 Å². The second-order valence-corrected chi connectivity index (χ2v) is 6.35. The van der Waals surface area contributed by atoms with E-state index < -0.39 is 5.56 Å². The monoisotopic (exact) mass is 353 g/mol. The van der Waals surface area contributed by atoms with Crippen LogP contribution < -0.4 is 5.56 Å². The Morgan fingerprint density at radius 1 is 1.21 bits per heavy atom. The third-order valence-corrected chi connectivity index (χ3v) is 4.72. The van der Waals surface area contributed by atoms with Gasteiger partial charge in [0.05, 0.1) is 10.7 Å². The number of nitriles is 1. The van der Waals surface area contributed by atoms with Crippen molar-refractivity contribution in [3.8, 4) is 28.5 Å². The van der Waals surface area contributed by atoms with Crippen molar-refractivity contribution in [3.63, 3.8) is 0 Å². The highest BCUT2D eigenvalue weighted by Crippen LogP contribution is 2.42. The van der Waals surface area contributed by atoms with Crippen LogP contribution in [-0.2, 0) is 6.42 Å². The van der Waals surface area contributed by atoms with E-state index in [4.69, 9.17) is 23.2 Å². The van der Waals surface area contributed by atoms with Gasteiger partial charge >= 0.3 is 0 Å². The second kappa shape index (κ2) is 5.48. The Hall–Kier alpha value is -2.61. The van der Waals surface area contributed by atoms with Crippen LogP contribution in [0, 0.1) is 11.3 Å². The number of aromatic amines is 1. The molecule has 1 N–H and O–H groups in total. The van der Waals surface area contributed by atoms with Crippen molar-refractivity contribution >= 4 is 23.2 Å². The molecular formula is C18H9Cl2N3O. The van der Waals surface area contributed by atoms with Crippen molar-refractivity contribution in [2.75, 3.05) is 0 Å². The summed E-state index contributed by atoms with van der Waals surface area (Å²) < 4.78 is 0. The molecule has 2 aromatic heterocycles. The van der Waals surface area contributed by atoms with Crippen molar-refractivity contribution < 1.29 is 0 Å². The molecule has 0 saturated carbocycles. The summed E-state index contributed by atoms with van der Waals surface area (Å²) in [6, 6.07) is 9.29.